The van der Waals surface area contributed by atoms with Gasteiger partial charge in [-0.2, -0.15) is 0 Å². The van der Waals surface area contributed by atoms with Gasteiger partial charge in [0.1, 0.15) is 0 Å². The van der Waals surface area contributed by atoms with Crippen LogP contribution in [0.4, 0.5) is 0 Å². The molecule has 1 saturated heterocycles. The van der Waals surface area contributed by atoms with Gasteiger partial charge < -0.3 is 15.4 Å². The summed E-state index contributed by atoms with van der Waals surface area (Å²) >= 11 is 0. The van der Waals surface area contributed by atoms with Gasteiger partial charge in [-0.05, 0) is 44.7 Å². The first-order valence-electron chi connectivity index (χ1n) is 8.15. The standard InChI is InChI=1S/C16H32N2O2/c1-4-5-11-20-12-7-10-18-15(19)16(2,3)14-8-6-9-17-13-14/h14,17H,4-13H2,1-3H3,(H,18,19). The van der Waals surface area contributed by atoms with E-state index in [1.165, 1.54) is 12.8 Å². The number of piperidine rings is 1. The van der Waals surface area contributed by atoms with Crippen molar-refractivity contribution in [3.05, 3.63) is 0 Å². The number of ether oxygens (including phenoxy) is 1. The summed E-state index contributed by atoms with van der Waals surface area (Å²) in [6.45, 7) is 10.6. The van der Waals surface area contributed by atoms with E-state index < -0.39 is 0 Å². The molecule has 0 radical (unpaired) electrons. The Kier molecular flexibility index (Phi) is 8.15. The summed E-state index contributed by atoms with van der Waals surface area (Å²) in [7, 11) is 0. The lowest BCUT2D eigenvalue weighted by Crippen LogP contribution is -2.47. The molecule has 1 rings (SSSR count). The topological polar surface area (TPSA) is 50.4 Å². The van der Waals surface area contributed by atoms with Crippen LogP contribution in [0.25, 0.3) is 0 Å². The molecule has 20 heavy (non-hydrogen) atoms. The fraction of sp³-hybridized carbons (Fsp3) is 0.938. The smallest absolute Gasteiger partial charge is 0.225 e. The fourth-order valence-corrected chi connectivity index (χ4v) is 2.61. The van der Waals surface area contributed by atoms with Crippen molar-refractivity contribution in [2.45, 2.75) is 52.9 Å². The molecule has 0 bridgehead atoms. The van der Waals surface area contributed by atoms with E-state index in [4.69, 9.17) is 4.74 Å². The highest BCUT2D eigenvalue weighted by Crippen LogP contribution is 2.31. The molecule has 4 heteroatoms. The molecule has 0 saturated carbocycles. The number of nitrogens with one attached hydrogen (secondary N) is 2. The highest BCUT2D eigenvalue weighted by Gasteiger charge is 2.36. The van der Waals surface area contributed by atoms with E-state index >= 15 is 0 Å². The number of rotatable bonds is 9. The lowest BCUT2D eigenvalue weighted by atomic mass is 9.74. The van der Waals surface area contributed by atoms with Crippen LogP contribution in [0.3, 0.4) is 0 Å². The first-order chi connectivity index (χ1) is 9.59. The molecule has 2 N–H and O–H groups in total. The maximum absolute atomic E-state index is 12.3. The molecular formula is C16H32N2O2. The zero-order valence-electron chi connectivity index (χ0n) is 13.5. The summed E-state index contributed by atoms with van der Waals surface area (Å²) in [5.74, 6) is 0.622. The van der Waals surface area contributed by atoms with Crippen molar-refractivity contribution in [2.24, 2.45) is 11.3 Å². The summed E-state index contributed by atoms with van der Waals surface area (Å²) in [4.78, 5) is 12.3. The molecule has 1 amide bonds. The van der Waals surface area contributed by atoms with Crippen molar-refractivity contribution in [3.8, 4) is 0 Å². The van der Waals surface area contributed by atoms with Gasteiger partial charge in [0.15, 0.2) is 0 Å². The van der Waals surface area contributed by atoms with Gasteiger partial charge in [0.05, 0.1) is 0 Å². The monoisotopic (exact) mass is 284 g/mol. The van der Waals surface area contributed by atoms with Crippen molar-refractivity contribution >= 4 is 5.91 Å². The highest BCUT2D eigenvalue weighted by atomic mass is 16.5. The van der Waals surface area contributed by atoms with Crippen LogP contribution in [-0.2, 0) is 9.53 Å². The van der Waals surface area contributed by atoms with Gasteiger partial charge in [0.2, 0.25) is 5.91 Å². The van der Waals surface area contributed by atoms with Crippen LogP contribution >= 0.6 is 0 Å². The minimum absolute atomic E-state index is 0.180. The minimum atomic E-state index is -0.281. The van der Waals surface area contributed by atoms with Crippen molar-refractivity contribution in [3.63, 3.8) is 0 Å². The number of amides is 1. The number of hydrogen-bond donors (Lipinski definition) is 2. The van der Waals surface area contributed by atoms with Gasteiger partial charge in [0.25, 0.3) is 0 Å². The molecule has 0 aromatic carbocycles. The van der Waals surface area contributed by atoms with Crippen LogP contribution in [0.5, 0.6) is 0 Å². The molecule has 1 atom stereocenters. The molecule has 1 aliphatic heterocycles. The highest BCUT2D eigenvalue weighted by molar-refractivity contribution is 5.82. The van der Waals surface area contributed by atoms with E-state index in [1.54, 1.807) is 0 Å². The molecule has 0 aromatic heterocycles. The number of carbonyl (C=O) groups is 1. The van der Waals surface area contributed by atoms with Gasteiger partial charge in [-0.1, -0.05) is 27.2 Å². The maximum Gasteiger partial charge on any atom is 0.225 e. The average Bonchev–Trinajstić information content (AvgIpc) is 2.47. The van der Waals surface area contributed by atoms with Crippen molar-refractivity contribution in [1.82, 2.24) is 10.6 Å². The van der Waals surface area contributed by atoms with E-state index in [0.29, 0.717) is 12.5 Å². The minimum Gasteiger partial charge on any atom is -0.381 e. The summed E-state index contributed by atoms with van der Waals surface area (Å²) in [6.07, 6.45) is 5.50. The third-order valence-corrected chi connectivity index (χ3v) is 4.30. The van der Waals surface area contributed by atoms with Crippen molar-refractivity contribution in [2.75, 3.05) is 32.8 Å². The Morgan fingerprint density at radius 3 is 2.75 bits per heavy atom. The molecule has 1 unspecified atom stereocenters. The van der Waals surface area contributed by atoms with Crippen LogP contribution < -0.4 is 10.6 Å². The second-order valence-electron chi connectivity index (χ2n) is 6.34. The normalized spacial score (nSPS) is 19.9. The molecule has 4 nitrogen and oxygen atoms in total. The number of carbonyl (C=O) groups excluding carboxylic acids is 1. The Morgan fingerprint density at radius 2 is 2.10 bits per heavy atom. The van der Waals surface area contributed by atoms with Gasteiger partial charge >= 0.3 is 0 Å². The molecule has 1 fully saturated rings. The van der Waals surface area contributed by atoms with E-state index in [-0.39, 0.29) is 11.3 Å². The predicted molar refractivity (Wildman–Crippen MR) is 82.7 cm³/mol. The SMILES string of the molecule is CCCCOCCCNC(=O)C(C)(C)C1CCCNC1. The second kappa shape index (κ2) is 9.35. The number of unbranched alkanes of at least 4 members (excludes halogenated alkanes) is 1. The quantitative estimate of drug-likeness (QED) is 0.639. The van der Waals surface area contributed by atoms with Gasteiger partial charge in [0, 0.05) is 25.2 Å². The van der Waals surface area contributed by atoms with Crippen LogP contribution in [0.2, 0.25) is 0 Å². The van der Waals surface area contributed by atoms with E-state index in [0.717, 1.165) is 45.6 Å². The Balaban J connectivity index is 2.17. The lowest BCUT2D eigenvalue weighted by Gasteiger charge is -2.36. The van der Waals surface area contributed by atoms with Gasteiger partial charge in [-0.25, -0.2) is 0 Å². The van der Waals surface area contributed by atoms with Crippen LogP contribution in [-0.4, -0.2) is 38.8 Å². The zero-order valence-corrected chi connectivity index (χ0v) is 13.5. The van der Waals surface area contributed by atoms with Crippen molar-refractivity contribution in [1.29, 1.82) is 0 Å². The van der Waals surface area contributed by atoms with E-state index in [9.17, 15) is 4.79 Å². The molecule has 0 spiro atoms. The number of hydrogen-bond acceptors (Lipinski definition) is 3. The molecule has 118 valence electrons. The summed E-state index contributed by atoms with van der Waals surface area (Å²) in [5.41, 5.74) is -0.281. The Bertz CT molecular complexity index is 274. The largest absolute Gasteiger partial charge is 0.381 e. The Morgan fingerprint density at radius 1 is 1.35 bits per heavy atom. The van der Waals surface area contributed by atoms with E-state index in [1.807, 2.05) is 0 Å². The van der Waals surface area contributed by atoms with E-state index in [2.05, 4.69) is 31.4 Å². The predicted octanol–water partition coefficient (Wildman–Crippen LogP) is 2.34. The summed E-state index contributed by atoms with van der Waals surface area (Å²) in [6, 6.07) is 0. The molecule has 0 aliphatic carbocycles. The van der Waals surface area contributed by atoms with Crippen LogP contribution in [0, 0.1) is 11.3 Å². The average molecular weight is 284 g/mol. The van der Waals surface area contributed by atoms with Gasteiger partial charge in [-0.3, -0.25) is 4.79 Å². The zero-order chi connectivity index (χ0) is 14.8. The summed E-state index contributed by atoms with van der Waals surface area (Å²) in [5, 5.41) is 6.46. The van der Waals surface area contributed by atoms with Gasteiger partial charge in [-0.15, -0.1) is 0 Å². The molecular weight excluding hydrogens is 252 g/mol. The molecule has 0 aromatic rings. The van der Waals surface area contributed by atoms with Crippen LogP contribution in [0.1, 0.15) is 52.9 Å². The first-order valence-corrected chi connectivity index (χ1v) is 8.15. The maximum atomic E-state index is 12.3. The Hall–Kier alpha value is -0.610. The third-order valence-electron chi connectivity index (χ3n) is 4.30. The Labute approximate surface area is 124 Å². The van der Waals surface area contributed by atoms with Crippen LogP contribution in [0.15, 0.2) is 0 Å². The lowest BCUT2D eigenvalue weighted by molar-refractivity contribution is -0.132. The molecule has 1 aliphatic rings. The molecule has 1 heterocycles. The fourth-order valence-electron chi connectivity index (χ4n) is 2.61. The first kappa shape index (κ1) is 17.4. The third kappa shape index (κ3) is 5.80. The second-order valence-corrected chi connectivity index (χ2v) is 6.34. The summed E-state index contributed by atoms with van der Waals surface area (Å²) < 4.78 is 5.50. The van der Waals surface area contributed by atoms with Crippen molar-refractivity contribution < 1.29 is 9.53 Å².